The molecule has 2 rings (SSSR count). The van der Waals surface area contributed by atoms with Crippen LogP contribution in [0, 0.1) is 6.92 Å². The summed E-state index contributed by atoms with van der Waals surface area (Å²) in [7, 11) is 0. The van der Waals surface area contributed by atoms with Gasteiger partial charge < -0.3 is 24.1 Å². The number of carbonyl (C=O) groups excluding carboxylic acids is 1. The van der Waals surface area contributed by atoms with Crippen LogP contribution < -0.4 is 0 Å². The van der Waals surface area contributed by atoms with Gasteiger partial charge in [-0.05, 0) is 19.9 Å². The maximum absolute atomic E-state index is 11.6. The van der Waals surface area contributed by atoms with Gasteiger partial charge in [0.2, 0.25) is 0 Å². The van der Waals surface area contributed by atoms with Gasteiger partial charge in [0.15, 0.2) is 0 Å². The Morgan fingerprint density at radius 3 is 2.94 bits per heavy atom. The molecular formula is C12H16O6. The average molecular weight is 256 g/mol. The van der Waals surface area contributed by atoms with Crippen molar-refractivity contribution in [3.05, 3.63) is 23.2 Å². The number of esters is 1. The van der Waals surface area contributed by atoms with Crippen LogP contribution in [0.15, 0.2) is 10.5 Å². The largest absolute Gasteiger partial charge is 0.463 e. The molecule has 18 heavy (non-hydrogen) atoms. The van der Waals surface area contributed by atoms with Gasteiger partial charge in [0.05, 0.1) is 13.2 Å². The SMILES string of the molecule is CCOC(=O)c1cc([C@H]2O[C@@H]2[C@H](O)CO)oc1C. The first-order valence-corrected chi connectivity index (χ1v) is 5.80. The molecule has 2 N–H and O–H groups in total. The Morgan fingerprint density at radius 1 is 1.61 bits per heavy atom. The van der Waals surface area contributed by atoms with Gasteiger partial charge in [0.25, 0.3) is 0 Å². The van der Waals surface area contributed by atoms with Gasteiger partial charge in [-0.2, -0.15) is 0 Å². The van der Waals surface area contributed by atoms with E-state index in [-0.39, 0.29) is 6.61 Å². The molecule has 0 radical (unpaired) electrons. The fourth-order valence-corrected chi connectivity index (χ4v) is 1.81. The fourth-order valence-electron chi connectivity index (χ4n) is 1.81. The molecular weight excluding hydrogens is 240 g/mol. The molecule has 1 aliphatic rings. The first kappa shape index (κ1) is 13.1. The minimum Gasteiger partial charge on any atom is -0.463 e. The van der Waals surface area contributed by atoms with E-state index in [1.807, 2.05) is 0 Å². The maximum atomic E-state index is 11.6. The van der Waals surface area contributed by atoms with Crippen molar-refractivity contribution >= 4 is 5.97 Å². The lowest BCUT2D eigenvalue weighted by molar-refractivity contribution is 0.0524. The van der Waals surface area contributed by atoms with Crippen LogP contribution >= 0.6 is 0 Å². The van der Waals surface area contributed by atoms with Crippen molar-refractivity contribution in [1.29, 1.82) is 0 Å². The summed E-state index contributed by atoms with van der Waals surface area (Å²) in [5.74, 6) is 0.481. The van der Waals surface area contributed by atoms with Crippen LogP contribution in [0.2, 0.25) is 0 Å². The number of aryl methyl sites for hydroxylation is 1. The lowest BCUT2D eigenvalue weighted by Gasteiger charge is -1.99. The van der Waals surface area contributed by atoms with Crippen LogP contribution in [0.3, 0.4) is 0 Å². The zero-order chi connectivity index (χ0) is 13.3. The molecule has 0 spiro atoms. The fraction of sp³-hybridized carbons (Fsp3) is 0.583. The van der Waals surface area contributed by atoms with Crippen molar-refractivity contribution in [2.24, 2.45) is 0 Å². The lowest BCUT2D eigenvalue weighted by atomic mass is 10.1. The highest BCUT2D eigenvalue weighted by Gasteiger charge is 2.47. The Morgan fingerprint density at radius 2 is 2.33 bits per heavy atom. The average Bonchev–Trinajstić information content (AvgIpc) is 3.05. The second-order valence-electron chi connectivity index (χ2n) is 4.11. The van der Waals surface area contributed by atoms with Crippen LogP contribution in [-0.4, -0.2) is 41.6 Å². The van der Waals surface area contributed by atoms with E-state index >= 15 is 0 Å². The smallest absolute Gasteiger partial charge is 0.341 e. The van der Waals surface area contributed by atoms with Gasteiger partial charge >= 0.3 is 5.97 Å². The van der Waals surface area contributed by atoms with Crippen LogP contribution in [0.1, 0.15) is 34.9 Å². The van der Waals surface area contributed by atoms with Crippen LogP contribution in [0.4, 0.5) is 0 Å². The standard InChI is InChI=1S/C12H16O6/c1-3-16-12(15)7-4-9(17-6(7)2)11-10(18-11)8(14)5-13/h4,8,10-11,13-14H,3,5H2,1-2H3/t8-,10-,11-/m1/s1. The molecule has 0 bridgehead atoms. The van der Waals surface area contributed by atoms with Gasteiger partial charge in [-0.25, -0.2) is 4.79 Å². The predicted octanol–water partition coefficient (Wildman–Crippen LogP) is 0.558. The highest BCUT2D eigenvalue weighted by atomic mass is 16.6. The molecule has 0 saturated carbocycles. The topological polar surface area (TPSA) is 92.4 Å². The summed E-state index contributed by atoms with van der Waals surface area (Å²) >= 11 is 0. The Hall–Kier alpha value is -1.37. The van der Waals surface area contributed by atoms with E-state index in [1.165, 1.54) is 0 Å². The minimum atomic E-state index is -0.938. The molecule has 0 unspecified atom stereocenters. The van der Waals surface area contributed by atoms with Crippen LogP contribution in [-0.2, 0) is 9.47 Å². The number of epoxide rings is 1. The quantitative estimate of drug-likeness (QED) is 0.590. The van der Waals surface area contributed by atoms with Crippen LogP contribution in [0.5, 0.6) is 0 Å². The van der Waals surface area contributed by atoms with E-state index in [0.717, 1.165) is 0 Å². The van der Waals surface area contributed by atoms with Gasteiger partial charge in [-0.15, -0.1) is 0 Å². The second kappa shape index (κ2) is 5.09. The van der Waals surface area contributed by atoms with Crippen molar-refractivity contribution < 1.29 is 28.9 Å². The zero-order valence-corrected chi connectivity index (χ0v) is 10.3. The molecule has 100 valence electrons. The Bertz CT molecular complexity index is 438. The number of hydrogen-bond acceptors (Lipinski definition) is 6. The molecule has 0 amide bonds. The van der Waals surface area contributed by atoms with Crippen molar-refractivity contribution in [1.82, 2.24) is 0 Å². The third kappa shape index (κ3) is 2.40. The van der Waals surface area contributed by atoms with E-state index in [4.69, 9.17) is 19.0 Å². The summed E-state index contributed by atoms with van der Waals surface area (Å²) in [5, 5.41) is 18.2. The third-order valence-electron chi connectivity index (χ3n) is 2.80. The second-order valence-corrected chi connectivity index (χ2v) is 4.11. The zero-order valence-electron chi connectivity index (χ0n) is 10.3. The molecule has 1 aromatic heterocycles. The van der Waals surface area contributed by atoms with Crippen molar-refractivity contribution in [3.63, 3.8) is 0 Å². The Labute approximate surface area is 104 Å². The lowest BCUT2D eigenvalue weighted by Crippen LogP contribution is -2.19. The number of hydrogen-bond donors (Lipinski definition) is 2. The summed E-state index contributed by atoms with van der Waals surface area (Å²) in [6, 6.07) is 1.56. The van der Waals surface area contributed by atoms with E-state index in [0.29, 0.717) is 23.7 Å². The normalized spacial score (nSPS) is 23.8. The van der Waals surface area contributed by atoms with Gasteiger partial charge in [-0.1, -0.05) is 0 Å². The number of furan rings is 1. The molecule has 6 nitrogen and oxygen atoms in total. The molecule has 3 atom stereocenters. The summed E-state index contributed by atoms with van der Waals surface area (Å²) in [4.78, 5) is 11.6. The van der Waals surface area contributed by atoms with Crippen molar-refractivity contribution in [2.75, 3.05) is 13.2 Å². The maximum Gasteiger partial charge on any atom is 0.341 e. The predicted molar refractivity (Wildman–Crippen MR) is 60.1 cm³/mol. The molecule has 0 aliphatic carbocycles. The molecule has 1 aliphatic heterocycles. The summed E-state index contributed by atoms with van der Waals surface area (Å²) in [6.07, 6.45) is -1.82. The summed E-state index contributed by atoms with van der Waals surface area (Å²) < 4.78 is 15.5. The first-order chi connectivity index (χ1) is 8.58. The number of aliphatic hydroxyl groups is 2. The molecule has 2 heterocycles. The van der Waals surface area contributed by atoms with E-state index in [2.05, 4.69) is 0 Å². The highest BCUT2D eigenvalue weighted by Crippen LogP contribution is 2.42. The van der Waals surface area contributed by atoms with E-state index < -0.39 is 24.3 Å². The van der Waals surface area contributed by atoms with Gasteiger partial charge in [0.1, 0.15) is 35.4 Å². The molecule has 6 heteroatoms. The highest BCUT2D eigenvalue weighted by molar-refractivity contribution is 5.90. The summed E-state index contributed by atoms with van der Waals surface area (Å²) in [5.41, 5.74) is 0.361. The number of aliphatic hydroxyl groups excluding tert-OH is 2. The molecule has 1 fully saturated rings. The first-order valence-electron chi connectivity index (χ1n) is 5.80. The van der Waals surface area contributed by atoms with E-state index in [9.17, 15) is 9.90 Å². The summed E-state index contributed by atoms with van der Waals surface area (Å²) in [6.45, 7) is 3.32. The molecule has 0 aromatic carbocycles. The van der Waals surface area contributed by atoms with Crippen molar-refractivity contribution in [3.8, 4) is 0 Å². The molecule has 1 aromatic rings. The van der Waals surface area contributed by atoms with Crippen LogP contribution in [0.25, 0.3) is 0 Å². The third-order valence-corrected chi connectivity index (χ3v) is 2.80. The number of ether oxygens (including phenoxy) is 2. The number of carbonyl (C=O) groups is 1. The Balaban J connectivity index is 2.09. The molecule has 1 saturated heterocycles. The van der Waals surface area contributed by atoms with Gasteiger partial charge in [-0.3, -0.25) is 0 Å². The minimum absolute atomic E-state index is 0.296. The Kier molecular flexibility index (Phi) is 3.70. The van der Waals surface area contributed by atoms with E-state index in [1.54, 1.807) is 19.9 Å². The van der Waals surface area contributed by atoms with Crippen molar-refractivity contribution in [2.45, 2.75) is 32.2 Å². The number of rotatable bonds is 5. The van der Waals surface area contributed by atoms with Gasteiger partial charge in [0, 0.05) is 0 Å². The monoisotopic (exact) mass is 256 g/mol.